The molecule has 0 fully saturated rings. The highest BCUT2D eigenvalue weighted by Crippen LogP contribution is 2.33. The monoisotopic (exact) mass is 487 g/mol. The first-order valence-corrected chi connectivity index (χ1v) is 13.5. The standard InChI is InChI=1S/C12H17NO.C12H16O.C9H12/c1-9(2)10-4-5-11-12(8-10)14-7-6-13(11)3;1-9(2)11-6-5-10-4-3-7-13-12(10)8-11;1-8(2)9-6-4-3-5-7-9/h4-5,8-9H,6-7H2,1-3H3;5-6,8-9H,3-4,7H2,1-2H3;3-8H,1-2H3. The van der Waals surface area contributed by atoms with E-state index in [-0.39, 0.29) is 0 Å². The zero-order valence-corrected chi connectivity index (χ0v) is 23.4. The molecule has 2 heterocycles. The van der Waals surface area contributed by atoms with Gasteiger partial charge in [-0.1, -0.05) is 90.1 Å². The predicted molar refractivity (Wildman–Crippen MR) is 154 cm³/mol. The molecular weight excluding hydrogens is 442 g/mol. The number of anilines is 1. The first-order chi connectivity index (χ1) is 17.3. The van der Waals surface area contributed by atoms with Crippen LogP contribution in [0.15, 0.2) is 66.7 Å². The fraction of sp³-hybridized carbons (Fsp3) is 0.455. The lowest BCUT2D eigenvalue weighted by molar-refractivity contribution is 0.288. The summed E-state index contributed by atoms with van der Waals surface area (Å²) in [5, 5.41) is 0. The molecule has 2 aliphatic rings. The largest absolute Gasteiger partial charge is 0.493 e. The van der Waals surface area contributed by atoms with E-state index in [4.69, 9.17) is 9.47 Å². The molecule has 3 aromatic carbocycles. The molecule has 0 bridgehead atoms. The Kier molecular flexibility index (Phi) is 10.3. The van der Waals surface area contributed by atoms with Crippen LogP contribution < -0.4 is 14.4 Å². The third kappa shape index (κ3) is 7.78. The zero-order valence-electron chi connectivity index (χ0n) is 23.4. The quantitative estimate of drug-likeness (QED) is 0.369. The summed E-state index contributed by atoms with van der Waals surface area (Å²) in [6.07, 6.45) is 2.34. The van der Waals surface area contributed by atoms with Crippen LogP contribution >= 0.6 is 0 Å². The Labute approximate surface area is 219 Å². The first-order valence-electron chi connectivity index (χ1n) is 13.5. The number of fused-ring (bicyclic) bond motifs is 2. The van der Waals surface area contributed by atoms with E-state index in [2.05, 4.69) is 114 Å². The minimum absolute atomic E-state index is 0.566. The molecule has 0 saturated heterocycles. The molecule has 0 amide bonds. The fourth-order valence-electron chi connectivity index (χ4n) is 4.29. The number of aryl methyl sites for hydroxylation is 1. The molecule has 194 valence electrons. The van der Waals surface area contributed by atoms with Gasteiger partial charge in [-0.15, -0.1) is 0 Å². The third-order valence-corrected chi connectivity index (χ3v) is 6.82. The number of likely N-dealkylation sites (N-methyl/N-ethyl adjacent to an activating group) is 1. The molecule has 36 heavy (non-hydrogen) atoms. The Hall–Kier alpha value is -2.94. The molecule has 3 nitrogen and oxygen atoms in total. The SMILES string of the molecule is CC(C)c1ccc2c(c1)OCCC2.CC(C)c1ccc2c(c1)OCCN2C.CC(C)c1ccccc1. The van der Waals surface area contributed by atoms with Gasteiger partial charge < -0.3 is 14.4 Å². The summed E-state index contributed by atoms with van der Waals surface area (Å²) < 4.78 is 11.3. The normalized spacial score (nSPS) is 14.0. The Bertz CT molecular complexity index is 1070. The van der Waals surface area contributed by atoms with Gasteiger partial charge in [-0.05, 0) is 71.0 Å². The second-order valence-corrected chi connectivity index (χ2v) is 10.7. The van der Waals surface area contributed by atoms with Gasteiger partial charge in [0.15, 0.2) is 0 Å². The maximum absolute atomic E-state index is 5.64. The molecule has 3 heteroatoms. The van der Waals surface area contributed by atoms with Crippen LogP contribution in [0.1, 0.15) is 88.0 Å². The van der Waals surface area contributed by atoms with E-state index in [0.29, 0.717) is 17.8 Å². The average molecular weight is 488 g/mol. The summed E-state index contributed by atoms with van der Waals surface area (Å²) >= 11 is 0. The van der Waals surface area contributed by atoms with E-state index in [0.717, 1.165) is 37.7 Å². The van der Waals surface area contributed by atoms with Crippen LogP contribution in [-0.2, 0) is 6.42 Å². The highest BCUT2D eigenvalue weighted by molar-refractivity contribution is 5.60. The smallest absolute Gasteiger partial charge is 0.142 e. The van der Waals surface area contributed by atoms with Crippen molar-refractivity contribution in [3.05, 3.63) is 89.0 Å². The second-order valence-electron chi connectivity index (χ2n) is 10.7. The summed E-state index contributed by atoms with van der Waals surface area (Å²) in [5.41, 5.74) is 6.72. The van der Waals surface area contributed by atoms with Crippen molar-refractivity contribution in [3.63, 3.8) is 0 Å². The second kappa shape index (κ2) is 13.4. The maximum atomic E-state index is 5.64. The summed E-state index contributed by atoms with van der Waals surface area (Å²) in [4.78, 5) is 2.24. The molecule has 0 atom stereocenters. The van der Waals surface area contributed by atoms with Gasteiger partial charge in [0, 0.05) is 7.05 Å². The van der Waals surface area contributed by atoms with Crippen LogP contribution in [0.25, 0.3) is 0 Å². The molecule has 0 unspecified atom stereocenters. The van der Waals surface area contributed by atoms with Crippen molar-refractivity contribution >= 4 is 5.69 Å². The van der Waals surface area contributed by atoms with Gasteiger partial charge in [0.1, 0.15) is 18.1 Å². The van der Waals surface area contributed by atoms with Crippen LogP contribution in [0, 0.1) is 0 Å². The Morgan fingerprint density at radius 2 is 1.22 bits per heavy atom. The van der Waals surface area contributed by atoms with E-state index in [1.807, 2.05) is 6.07 Å². The lowest BCUT2D eigenvalue weighted by atomic mass is 9.98. The third-order valence-electron chi connectivity index (χ3n) is 6.82. The van der Waals surface area contributed by atoms with Gasteiger partial charge in [-0.25, -0.2) is 0 Å². The average Bonchev–Trinajstić information content (AvgIpc) is 2.89. The lowest BCUT2D eigenvalue weighted by Gasteiger charge is -2.28. The number of hydrogen-bond acceptors (Lipinski definition) is 3. The minimum atomic E-state index is 0.566. The summed E-state index contributed by atoms with van der Waals surface area (Å²) in [6, 6.07) is 23.7. The van der Waals surface area contributed by atoms with Crippen molar-refractivity contribution in [1.82, 2.24) is 0 Å². The highest BCUT2D eigenvalue weighted by Gasteiger charge is 2.15. The van der Waals surface area contributed by atoms with E-state index >= 15 is 0 Å². The van der Waals surface area contributed by atoms with Crippen LogP contribution in [0.5, 0.6) is 11.5 Å². The van der Waals surface area contributed by atoms with E-state index < -0.39 is 0 Å². The van der Waals surface area contributed by atoms with Crippen LogP contribution in [0.4, 0.5) is 5.69 Å². The van der Waals surface area contributed by atoms with Crippen LogP contribution in [0.3, 0.4) is 0 Å². The topological polar surface area (TPSA) is 21.7 Å². The van der Waals surface area contributed by atoms with Gasteiger partial charge in [-0.2, -0.15) is 0 Å². The van der Waals surface area contributed by atoms with E-state index in [9.17, 15) is 0 Å². The van der Waals surface area contributed by atoms with Crippen molar-refractivity contribution in [2.45, 2.75) is 72.1 Å². The van der Waals surface area contributed by atoms with Gasteiger partial charge in [-0.3, -0.25) is 0 Å². The van der Waals surface area contributed by atoms with Gasteiger partial charge >= 0.3 is 0 Å². The van der Waals surface area contributed by atoms with Gasteiger partial charge in [0.05, 0.1) is 18.8 Å². The molecule has 0 aromatic heterocycles. The summed E-state index contributed by atoms with van der Waals surface area (Å²) in [6.45, 7) is 15.9. The van der Waals surface area contributed by atoms with Crippen molar-refractivity contribution in [3.8, 4) is 11.5 Å². The van der Waals surface area contributed by atoms with E-state index in [1.165, 1.54) is 34.4 Å². The Balaban J connectivity index is 0.000000154. The molecule has 0 saturated carbocycles. The molecule has 0 aliphatic carbocycles. The Morgan fingerprint density at radius 1 is 0.639 bits per heavy atom. The molecular formula is C33H45NO2. The number of rotatable bonds is 3. The number of nitrogens with zero attached hydrogens (tertiary/aromatic N) is 1. The van der Waals surface area contributed by atoms with Crippen molar-refractivity contribution in [1.29, 1.82) is 0 Å². The zero-order chi connectivity index (χ0) is 26.1. The highest BCUT2D eigenvalue weighted by atomic mass is 16.5. The van der Waals surface area contributed by atoms with E-state index in [1.54, 1.807) is 0 Å². The van der Waals surface area contributed by atoms with Crippen LogP contribution in [0.2, 0.25) is 0 Å². The molecule has 2 aliphatic heterocycles. The fourth-order valence-corrected chi connectivity index (χ4v) is 4.29. The van der Waals surface area contributed by atoms with Crippen molar-refractivity contribution in [2.24, 2.45) is 0 Å². The molecule has 0 N–H and O–H groups in total. The molecule has 0 spiro atoms. The number of hydrogen-bond donors (Lipinski definition) is 0. The number of ether oxygens (including phenoxy) is 2. The van der Waals surface area contributed by atoms with Crippen molar-refractivity contribution < 1.29 is 9.47 Å². The predicted octanol–water partition coefficient (Wildman–Crippen LogP) is 8.58. The summed E-state index contributed by atoms with van der Waals surface area (Å²) in [5.74, 6) is 3.96. The molecule has 0 radical (unpaired) electrons. The van der Waals surface area contributed by atoms with Crippen LogP contribution in [-0.4, -0.2) is 26.8 Å². The minimum Gasteiger partial charge on any atom is -0.493 e. The van der Waals surface area contributed by atoms with Gasteiger partial charge in [0.2, 0.25) is 0 Å². The Morgan fingerprint density at radius 3 is 1.83 bits per heavy atom. The number of benzene rings is 3. The lowest BCUT2D eigenvalue weighted by Crippen LogP contribution is -2.28. The molecule has 3 aromatic rings. The summed E-state index contributed by atoms with van der Waals surface area (Å²) in [7, 11) is 2.11. The molecule has 5 rings (SSSR count). The van der Waals surface area contributed by atoms with Crippen molar-refractivity contribution in [2.75, 3.05) is 31.7 Å². The first kappa shape index (κ1) is 27.6. The maximum Gasteiger partial charge on any atom is 0.142 e. The van der Waals surface area contributed by atoms with Gasteiger partial charge in [0.25, 0.3) is 0 Å².